The van der Waals surface area contributed by atoms with E-state index in [9.17, 15) is 9.59 Å². The van der Waals surface area contributed by atoms with E-state index >= 15 is 0 Å². The number of amides is 1. The van der Waals surface area contributed by atoms with Crippen molar-refractivity contribution >= 4 is 28.8 Å². The van der Waals surface area contributed by atoms with Gasteiger partial charge in [0.2, 0.25) is 5.91 Å². The van der Waals surface area contributed by atoms with Gasteiger partial charge in [-0.05, 0) is 42.8 Å². The molecule has 1 amide bonds. The van der Waals surface area contributed by atoms with Crippen LogP contribution >= 0.6 is 0 Å². The van der Waals surface area contributed by atoms with E-state index in [1.807, 2.05) is 42.5 Å². The minimum atomic E-state index is -0.560. The second-order valence-electron chi connectivity index (χ2n) is 7.51. The molecule has 1 fully saturated rings. The third kappa shape index (κ3) is 2.92. The number of hydrogen-bond donors (Lipinski definition) is 0. The van der Waals surface area contributed by atoms with Crippen LogP contribution in [0.4, 0.5) is 11.4 Å². The summed E-state index contributed by atoms with van der Waals surface area (Å²) >= 11 is 0. The van der Waals surface area contributed by atoms with E-state index in [2.05, 4.69) is 0 Å². The summed E-state index contributed by atoms with van der Waals surface area (Å²) in [5.41, 5.74) is 2.13. The summed E-state index contributed by atoms with van der Waals surface area (Å²) in [6.45, 7) is 1.51. The van der Waals surface area contributed by atoms with Gasteiger partial charge in [0, 0.05) is 25.0 Å². The van der Waals surface area contributed by atoms with Gasteiger partial charge in [0.1, 0.15) is 23.3 Å². The molecular weight excluding hydrogens is 368 g/mol. The van der Waals surface area contributed by atoms with E-state index in [0.29, 0.717) is 30.0 Å². The maximum atomic E-state index is 13.4. The molecule has 0 spiro atoms. The van der Waals surface area contributed by atoms with Gasteiger partial charge in [0.05, 0.1) is 29.8 Å². The Morgan fingerprint density at radius 2 is 1.72 bits per heavy atom. The van der Waals surface area contributed by atoms with Crippen molar-refractivity contribution in [1.82, 2.24) is 0 Å². The SMILES string of the molecule is CC(=O)N1c2ccccc2N=C2C[C@H](c3ccco3)CC(=O)C2[C@H]1c1ccco1. The van der Waals surface area contributed by atoms with Gasteiger partial charge in [-0.3, -0.25) is 19.5 Å². The Balaban J connectivity index is 1.69. The van der Waals surface area contributed by atoms with Crippen molar-refractivity contribution in [2.45, 2.75) is 31.7 Å². The van der Waals surface area contributed by atoms with E-state index in [4.69, 9.17) is 13.8 Å². The number of nitrogens with zero attached hydrogens (tertiary/aromatic N) is 2. The molecule has 29 heavy (non-hydrogen) atoms. The predicted molar refractivity (Wildman–Crippen MR) is 107 cm³/mol. The van der Waals surface area contributed by atoms with E-state index in [0.717, 1.165) is 11.5 Å². The molecule has 0 radical (unpaired) electrons. The average molecular weight is 388 g/mol. The van der Waals surface area contributed by atoms with Crippen LogP contribution in [0.25, 0.3) is 0 Å². The van der Waals surface area contributed by atoms with E-state index in [1.165, 1.54) is 6.92 Å². The number of hydrogen-bond acceptors (Lipinski definition) is 5. The molecule has 1 aromatic carbocycles. The maximum absolute atomic E-state index is 13.4. The first-order valence-electron chi connectivity index (χ1n) is 9.69. The van der Waals surface area contributed by atoms with Crippen LogP contribution in [0.15, 0.2) is 74.9 Å². The normalized spacial score (nSPS) is 23.8. The number of ketones is 1. The Morgan fingerprint density at radius 3 is 2.41 bits per heavy atom. The van der Waals surface area contributed by atoms with Gasteiger partial charge < -0.3 is 8.83 Å². The third-order valence-corrected chi connectivity index (χ3v) is 5.73. The largest absolute Gasteiger partial charge is 0.469 e. The smallest absolute Gasteiger partial charge is 0.224 e. The summed E-state index contributed by atoms with van der Waals surface area (Å²) in [7, 11) is 0. The summed E-state index contributed by atoms with van der Waals surface area (Å²) in [6.07, 6.45) is 4.14. The molecule has 1 aliphatic carbocycles. The number of anilines is 1. The number of rotatable bonds is 2. The molecule has 2 aromatic heterocycles. The molecule has 3 heterocycles. The number of para-hydroxylation sites is 2. The summed E-state index contributed by atoms with van der Waals surface area (Å²) in [4.78, 5) is 32.7. The van der Waals surface area contributed by atoms with Crippen LogP contribution in [0.2, 0.25) is 0 Å². The molecule has 1 aliphatic heterocycles. The number of carbonyl (C=O) groups excluding carboxylic acids is 2. The summed E-state index contributed by atoms with van der Waals surface area (Å²) in [5, 5.41) is 0. The first-order valence-corrected chi connectivity index (χ1v) is 9.69. The minimum absolute atomic E-state index is 0.0388. The van der Waals surface area contributed by atoms with Crippen LogP contribution in [-0.2, 0) is 9.59 Å². The van der Waals surface area contributed by atoms with Crippen molar-refractivity contribution in [3.05, 3.63) is 72.6 Å². The predicted octanol–water partition coefficient (Wildman–Crippen LogP) is 4.82. The van der Waals surface area contributed by atoms with Crippen LogP contribution in [-0.4, -0.2) is 17.4 Å². The van der Waals surface area contributed by atoms with E-state index in [-0.39, 0.29) is 17.6 Å². The highest BCUT2D eigenvalue weighted by atomic mass is 16.3. The number of Topliss-reactive ketones (excluding diaryl/α,β-unsaturated/α-hetero) is 1. The van der Waals surface area contributed by atoms with Gasteiger partial charge in [0.25, 0.3) is 0 Å². The maximum Gasteiger partial charge on any atom is 0.224 e. The Morgan fingerprint density at radius 1 is 1.00 bits per heavy atom. The van der Waals surface area contributed by atoms with Crippen molar-refractivity contribution in [2.24, 2.45) is 10.9 Å². The van der Waals surface area contributed by atoms with Crippen molar-refractivity contribution in [3.63, 3.8) is 0 Å². The third-order valence-electron chi connectivity index (χ3n) is 5.73. The molecule has 6 heteroatoms. The summed E-state index contributed by atoms with van der Waals surface area (Å²) in [5.74, 6) is 0.645. The number of benzene rings is 1. The molecule has 1 unspecified atom stereocenters. The van der Waals surface area contributed by atoms with Crippen LogP contribution in [0.3, 0.4) is 0 Å². The van der Waals surface area contributed by atoms with Crippen molar-refractivity contribution in [2.75, 3.05) is 4.90 Å². The molecule has 0 saturated heterocycles. The lowest BCUT2D eigenvalue weighted by atomic mass is 9.74. The lowest BCUT2D eigenvalue weighted by Crippen LogP contribution is -2.44. The average Bonchev–Trinajstić information content (AvgIpc) is 3.39. The molecular formula is C23H20N2O4. The highest BCUT2D eigenvalue weighted by Crippen LogP contribution is 2.47. The van der Waals surface area contributed by atoms with Crippen LogP contribution < -0.4 is 4.90 Å². The first-order chi connectivity index (χ1) is 14.1. The quantitative estimate of drug-likeness (QED) is 0.631. The summed E-state index contributed by atoms with van der Waals surface area (Å²) < 4.78 is 11.3. The molecule has 146 valence electrons. The lowest BCUT2D eigenvalue weighted by molar-refractivity contribution is -0.123. The van der Waals surface area contributed by atoms with Gasteiger partial charge in [-0.15, -0.1) is 0 Å². The van der Waals surface area contributed by atoms with Gasteiger partial charge in [0.15, 0.2) is 0 Å². The van der Waals surface area contributed by atoms with Gasteiger partial charge >= 0.3 is 0 Å². The lowest BCUT2D eigenvalue weighted by Gasteiger charge is -2.36. The van der Waals surface area contributed by atoms with E-state index < -0.39 is 12.0 Å². The van der Waals surface area contributed by atoms with Crippen LogP contribution in [0.1, 0.15) is 43.2 Å². The molecule has 0 N–H and O–H groups in total. The van der Waals surface area contributed by atoms with Gasteiger partial charge in [-0.25, -0.2) is 0 Å². The molecule has 1 saturated carbocycles. The highest BCUT2D eigenvalue weighted by molar-refractivity contribution is 6.12. The zero-order valence-electron chi connectivity index (χ0n) is 15.9. The standard InChI is InChI=1S/C23H20N2O4/c1-14(26)25-18-7-3-2-6-16(18)24-17-12-15(20-8-4-10-28-20)13-19(27)22(17)23(25)21-9-5-11-29-21/h2-11,15,22-23H,12-13H2,1H3/t15-,22?,23+/m0/s1. The second kappa shape index (κ2) is 6.88. The fourth-order valence-corrected chi connectivity index (χ4v) is 4.54. The Kier molecular flexibility index (Phi) is 4.19. The highest BCUT2D eigenvalue weighted by Gasteiger charge is 2.47. The number of fused-ring (bicyclic) bond motifs is 2. The Bertz CT molecular complexity index is 1080. The molecule has 3 aromatic rings. The number of carbonyl (C=O) groups is 2. The fourth-order valence-electron chi connectivity index (χ4n) is 4.54. The van der Waals surface area contributed by atoms with Crippen molar-refractivity contribution in [3.8, 4) is 0 Å². The zero-order chi connectivity index (χ0) is 20.0. The number of furan rings is 2. The molecule has 0 bridgehead atoms. The summed E-state index contributed by atoms with van der Waals surface area (Å²) in [6, 6.07) is 14.3. The number of aliphatic imine (C=N–C) groups is 1. The molecule has 2 aliphatic rings. The molecule has 6 nitrogen and oxygen atoms in total. The topological polar surface area (TPSA) is 76.0 Å². The first kappa shape index (κ1) is 17.7. The van der Waals surface area contributed by atoms with Gasteiger partial charge in [-0.1, -0.05) is 12.1 Å². The van der Waals surface area contributed by atoms with Crippen molar-refractivity contribution < 1.29 is 18.4 Å². The van der Waals surface area contributed by atoms with E-state index in [1.54, 1.807) is 23.5 Å². The minimum Gasteiger partial charge on any atom is -0.469 e. The Labute approximate surface area is 167 Å². The zero-order valence-corrected chi connectivity index (χ0v) is 15.9. The van der Waals surface area contributed by atoms with Gasteiger partial charge in [-0.2, -0.15) is 0 Å². The van der Waals surface area contributed by atoms with Crippen LogP contribution in [0.5, 0.6) is 0 Å². The molecule has 5 rings (SSSR count). The Hall–Kier alpha value is -3.41. The second-order valence-corrected chi connectivity index (χ2v) is 7.51. The molecule has 3 atom stereocenters. The monoisotopic (exact) mass is 388 g/mol. The van der Waals surface area contributed by atoms with Crippen molar-refractivity contribution in [1.29, 1.82) is 0 Å². The van der Waals surface area contributed by atoms with Crippen LogP contribution in [0, 0.1) is 5.92 Å². The fraction of sp³-hybridized carbons (Fsp3) is 0.261.